The SMILES string of the molecule is CCOc1ccc(O)c(C2Nc3ccccc3C(=O)N2c2ccc(OC)cc2OC)c1. The summed E-state index contributed by atoms with van der Waals surface area (Å²) in [5, 5.41) is 14.1. The Morgan fingerprint density at radius 1 is 1.00 bits per heavy atom. The number of nitrogens with zero attached hydrogens (tertiary/aromatic N) is 1. The van der Waals surface area contributed by atoms with Crippen molar-refractivity contribution in [1.82, 2.24) is 0 Å². The number of carbonyl (C=O) groups excluding carboxylic acids is 1. The topological polar surface area (TPSA) is 80.3 Å². The molecule has 4 rings (SSSR count). The van der Waals surface area contributed by atoms with Crippen molar-refractivity contribution in [3.8, 4) is 23.0 Å². The number of fused-ring (bicyclic) bond motifs is 1. The lowest BCUT2D eigenvalue weighted by Crippen LogP contribution is -2.43. The lowest BCUT2D eigenvalue weighted by molar-refractivity contribution is 0.0974. The maximum absolute atomic E-state index is 13.6. The van der Waals surface area contributed by atoms with E-state index >= 15 is 0 Å². The number of phenolic OH excluding ortho intramolecular Hbond substituents is 1. The Labute approximate surface area is 180 Å². The molecule has 1 aliphatic heterocycles. The van der Waals surface area contributed by atoms with Gasteiger partial charge in [-0.25, -0.2) is 0 Å². The number of hydrogen-bond donors (Lipinski definition) is 2. The number of rotatable bonds is 6. The first-order valence-corrected chi connectivity index (χ1v) is 9.94. The average Bonchev–Trinajstić information content (AvgIpc) is 2.80. The zero-order valence-electron chi connectivity index (χ0n) is 17.6. The van der Waals surface area contributed by atoms with Crippen LogP contribution >= 0.6 is 0 Å². The fourth-order valence-corrected chi connectivity index (χ4v) is 3.71. The summed E-state index contributed by atoms with van der Waals surface area (Å²) in [7, 11) is 3.11. The highest BCUT2D eigenvalue weighted by atomic mass is 16.5. The van der Waals surface area contributed by atoms with Gasteiger partial charge in [-0.1, -0.05) is 12.1 Å². The minimum Gasteiger partial charge on any atom is -0.508 e. The molecule has 1 amide bonds. The van der Waals surface area contributed by atoms with Crippen molar-refractivity contribution < 1.29 is 24.1 Å². The van der Waals surface area contributed by atoms with Gasteiger partial charge in [0.2, 0.25) is 0 Å². The summed E-state index contributed by atoms with van der Waals surface area (Å²) in [5.74, 6) is 1.51. The van der Waals surface area contributed by atoms with Gasteiger partial charge in [0.15, 0.2) is 0 Å². The van der Waals surface area contributed by atoms with E-state index in [4.69, 9.17) is 14.2 Å². The van der Waals surface area contributed by atoms with Crippen LogP contribution < -0.4 is 24.4 Å². The molecule has 2 N–H and O–H groups in total. The molecule has 0 fully saturated rings. The Kier molecular flexibility index (Phi) is 5.58. The van der Waals surface area contributed by atoms with Crippen LogP contribution in [0.25, 0.3) is 0 Å². The average molecular weight is 420 g/mol. The molecule has 7 nitrogen and oxygen atoms in total. The highest BCUT2D eigenvalue weighted by Crippen LogP contribution is 2.44. The first-order valence-electron chi connectivity index (χ1n) is 9.94. The summed E-state index contributed by atoms with van der Waals surface area (Å²) in [6, 6.07) is 17.5. The molecular weight excluding hydrogens is 396 g/mol. The maximum atomic E-state index is 13.6. The van der Waals surface area contributed by atoms with E-state index in [2.05, 4.69) is 5.32 Å². The second kappa shape index (κ2) is 8.47. The predicted molar refractivity (Wildman–Crippen MR) is 118 cm³/mol. The molecule has 1 heterocycles. The van der Waals surface area contributed by atoms with E-state index in [1.54, 1.807) is 54.5 Å². The van der Waals surface area contributed by atoms with Gasteiger partial charge >= 0.3 is 0 Å². The number of carbonyl (C=O) groups is 1. The highest BCUT2D eigenvalue weighted by molar-refractivity contribution is 6.12. The normalized spacial score (nSPS) is 15.1. The molecule has 3 aromatic rings. The molecule has 0 spiro atoms. The molecule has 0 radical (unpaired) electrons. The third-order valence-corrected chi connectivity index (χ3v) is 5.18. The number of amides is 1. The van der Waals surface area contributed by atoms with E-state index in [0.717, 1.165) is 0 Å². The fourth-order valence-electron chi connectivity index (χ4n) is 3.71. The number of phenols is 1. The molecule has 0 aromatic heterocycles. The van der Waals surface area contributed by atoms with E-state index in [9.17, 15) is 9.90 Å². The second-order valence-electron chi connectivity index (χ2n) is 6.96. The van der Waals surface area contributed by atoms with Crippen molar-refractivity contribution in [3.05, 3.63) is 71.8 Å². The molecule has 1 unspecified atom stereocenters. The summed E-state index contributed by atoms with van der Waals surface area (Å²) in [4.78, 5) is 15.2. The Morgan fingerprint density at radius 3 is 2.52 bits per heavy atom. The molecule has 1 aliphatic rings. The Balaban J connectivity index is 1.90. The van der Waals surface area contributed by atoms with Crippen molar-refractivity contribution in [2.45, 2.75) is 13.1 Å². The van der Waals surface area contributed by atoms with Crippen LogP contribution in [0.5, 0.6) is 23.0 Å². The third-order valence-electron chi connectivity index (χ3n) is 5.18. The first-order chi connectivity index (χ1) is 15.1. The van der Waals surface area contributed by atoms with Crippen LogP contribution in [0.1, 0.15) is 29.0 Å². The summed E-state index contributed by atoms with van der Waals surface area (Å²) in [5.41, 5.74) is 2.26. The van der Waals surface area contributed by atoms with E-state index in [-0.39, 0.29) is 11.7 Å². The third kappa shape index (κ3) is 3.70. The van der Waals surface area contributed by atoms with Gasteiger partial charge in [-0.2, -0.15) is 0 Å². The molecular formula is C24H24N2O5. The molecule has 1 atom stereocenters. The van der Waals surface area contributed by atoms with Crippen LogP contribution in [-0.2, 0) is 0 Å². The number of nitrogens with one attached hydrogen (secondary N) is 1. The molecule has 0 bridgehead atoms. The standard InChI is InChI=1S/C24H24N2O5/c1-4-31-16-10-12-21(27)18(13-16)23-25-19-8-6-5-7-17(19)24(28)26(23)20-11-9-15(29-2)14-22(20)30-3/h5-14,23,25,27H,4H2,1-3H3. The lowest BCUT2D eigenvalue weighted by atomic mass is 10.0. The quantitative estimate of drug-likeness (QED) is 0.608. The molecule has 0 aliphatic carbocycles. The lowest BCUT2D eigenvalue weighted by Gasteiger charge is -2.38. The van der Waals surface area contributed by atoms with Gasteiger partial charge in [-0.15, -0.1) is 0 Å². The number of ether oxygens (including phenoxy) is 3. The molecule has 0 saturated carbocycles. The van der Waals surface area contributed by atoms with Crippen molar-refractivity contribution >= 4 is 17.3 Å². The second-order valence-corrected chi connectivity index (χ2v) is 6.96. The molecule has 160 valence electrons. The minimum absolute atomic E-state index is 0.0469. The van der Waals surface area contributed by atoms with Crippen LogP contribution in [0.2, 0.25) is 0 Å². The smallest absolute Gasteiger partial charge is 0.262 e. The van der Waals surface area contributed by atoms with Crippen molar-refractivity contribution in [3.63, 3.8) is 0 Å². The Morgan fingerprint density at radius 2 is 1.77 bits per heavy atom. The minimum atomic E-state index is -0.690. The fraction of sp³-hybridized carbons (Fsp3) is 0.208. The van der Waals surface area contributed by atoms with Crippen LogP contribution in [0.15, 0.2) is 60.7 Å². The Hall–Kier alpha value is -3.87. The molecule has 31 heavy (non-hydrogen) atoms. The summed E-state index contributed by atoms with van der Waals surface area (Å²) < 4.78 is 16.5. The van der Waals surface area contributed by atoms with Gasteiger partial charge in [-0.3, -0.25) is 9.69 Å². The number of para-hydroxylation sites is 1. The number of hydrogen-bond acceptors (Lipinski definition) is 6. The number of anilines is 2. The van der Waals surface area contributed by atoms with Gasteiger partial charge in [0.25, 0.3) is 5.91 Å². The van der Waals surface area contributed by atoms with Crippen LogP contribution in [0.3, 0.4) is 0 Å². The first kappa shape index (κ1) is 20.4. The summed E-state index contributed by atoms with van der Waals surface area (Å²) in [6.07, 6.45) is -0.690. The van der Waals surface area contributed by atoms with Crippen molar-refractivity contribution in [2.75, 3.05) is 31.0 Å². The highest BCUT2D eigenvalue weighted by Gasteiger charge is 2.37. The van der Waals surface area contributed by atoms with Gasteiger partial charge in [-0.05, 0) is 49.4 Å². The number of methoxy groups -OCH3 is 2. The van der Waals surface area contributed by atoms with Gasteiger partial charge in [0.1, 0.15) is 29.2 Å². The van der Waals surface area contributed by atoms with E-state index in [1.165, 1.54) is 7.11 Å². The van der Waals surface area contributed by atoms with Gasteiger partial charge in [0.05, 0.1) is 32.1 Å². The largest absolute Gasteiger partial charge is 0.508 e. The van der Waals surface area contributed by atoms with E-state index in [0.29, 0.717) is 46.4 Å². The van der Waals surface area contributed by atoms with Crippen molar-refractivity contribution in [1.29, 1.82) is 0 Å². The van der Waals surface area contributed by atoms with Crippen LogP contribution in [-0.4, -0.2) is 31.8 Å². The van der Waals surface area contributed by atoms with E-state index in [1.807, 2.05) is 25.1 Å². The summed E-state index contributed by atoms with van der Waals surface area (Å²) in [6.45, 7) is 2.37. The molecule has 3 aromatic carbocycles. The monoisotopic (exact) mass is 420 g/mol. The van der Waals surface area contributed by atoms with Crippen LogP contribution in [0.4, 0.5) is 11.4 Å². The van der Waals surface area contributed by atoms with Gasteiger partial charge in [0, 0.05) is 17.3 Å². The molecule has 0 saturated heterocycles. The maximum Gasteiger partial charge on any atom is 0.262 e. The van der Waals surface area contributed by atoms with E-state index < -0.39 is 6.17 Å². The van der Waals surface area contributed by atoms with Gasteiger partial charge < -0.3 is 24.6 Å². The Bertz CT molecular complexity index is 1110. The summed E-state index contributed by atoms with van der Waals surface area (Å²) >= 11 is 0. The predicted octanol–water partition coefficient (Wildman–Crippen LogP) is 4.58. The number of benzene rings is 3. The molecule has 7 heteroatoms. The zero-order chi connectivity index (χ0) is 22.0. The number of aromatic hydroxyl groups is 1. The van der Waals surface area contributed by atoms with Crippen molar-refractivity contribution in [2.24, 2.45) is 0 Å². The van der Waals surface area contributed by atoms with Crippen LogP contribution in [0, 0.1) is 0 Å². The zero-order valence-corrected chi connectivity index (χ0v) is 17.6.